The highest BCUT2D eigenvalue weighted by molar-refractivity contribution is 6.25. The molecule has 1 heterocycles. The molecular formula is C37H29NO7. The van der Waals surface area contributed by atoms with E-state index in [-0.39, 0.29) is 47.8 Å². The van der Waals surface area contributed by atoms with Crippen molar-refractivity contribution in [1.82, 2.24) is 0 Å². The summed E-state index contributed by atoms with van der Waals surface area (Å²) in [4.78, 5) is 69.0. The highest BCUT2D eigenvalue weighted by atomic mass is 16.5. The zero-order valence-electron chi connectivity index (χ0n) is 24.7. The highest BCUT2D eigenvalue weighted by Gasteiger charge is 2.56. The Bertz CT molecular complexity index is 1920. The molecule has 224 valence electrons. The molecule has 1 fully saturated rings. The van der Waals surface area contributed by atoms with E-state index in [0.717, 1.165) is 5.57 Å². The van der Waals surface area contributed by atoms with Crippen LogP contribution in [0.5, 0.6) is 11.5 Å². The molecule has 1 aliphatic heterocycles. The molecule has 3 aromatic rings. The van der Waals surface area contributed by atoms with Crippen LogP contribution in [0.1, 0.15) is 47.2 Å². The van der Waals surface area contributed by atoms with E-state index >= 15 is 0 Å². The summed E-state index contributed by atoms with van der Waals surface area (Å²) in [5.74, 6) is -3.81. The van der Waals surface area contributed by atoms with Crippen LogP contribution >= 0.6 is 0 Å². The van der Waals surface area contributed by atoms with E-state index in [2.05, 4.69) is 0 Å². The largest absolute Gasteiger partial charge is 0.507 e. The van der Waals surface area contributed by atoms with E-state index in [1.165, 1.54) is 24.2 Å². The summed E-state index contributed by atoms with van der Waals surface area (Å²) >= 11 is 0. The molecule has 1 N–H and O–H groups in total. The third-order valence-corrected chi connectivity index (χ3v) is 9.54. The SMILES string of the molecule is COc1ccc(C2C3=CCC4C(=O)N(c5ccc(C(=O)c6ccccc6)cc5)C(=O)C4C3CC3=C2C(=O)C(C)=CC3=O)c(O)c1. The lowest BCUT2D eigenvalue weighted by molar-refractivity contribution is -0.123. The van der Waals surface area contributed by atoms with Gasteiger partial charge in [0.2, 0.25) is 11.8 Å². The topological polar surface area (TPSA) is 118 Å². The summed E-state index contributed by atoms with van der Waals surface area (Å²) < 4.78 is 5.26. The van der Waals surface area contributed by atoms with Crippen molar-refractivity contribution in [3.8, 4) is 11.5 Å². The molecule has 3 aromatic carbocycles. The van der Waals surface area contributed by atoms with E-state index in [1.54, 1.807) is 67.6 Å². The van der Waals surface area contributed by atoms with Gasteiger partial charge < -0.3 is 9.84 Å². The Morgan fingerprint density at radius 2 is 1.60 bits per heavy atom. The van der Waals surface area contributed by atoms with E-state index < -0.39 is 23.7 Å². The average molecular weight is 600 g/mol. The number of hydrogen-bond acceptors (Lipinski definition) is 7. The van der Waals surface area contributed by atoms with Gasteiger partial charge in [-0.2, -0.15) is 0 Å². The van der Waals surface area contributed by atoms with Crippen LogP contribution in [0.15, 0.2) is 107 Å². The zero-order valence-corrected chi connectivity index (χ0v) is 24.7. The molecule has 0 bridgehead atoms. The van der Waals surface area contributed by atoms with E-state index in [1.807, 2.05) is 12.1 Å². The summed E-state index contributed by atoms with van der Waals surface area (Å²) in [5.41, 5.74) is 3.46. The number of nitrogens with zero attached hydrogens (tertiary/aromatic N) is 1. The van der Waals surface area contributed by atoms with Crippen LogP contribution in [0.25, 0.3) is 0 Å². The van der Waals surface area contributed by atoms with Gasteiger partial charge in [0.25, 0.3) is 0 Å². The molecule has 4 unspecified atom stereocenters. The maximum atomic E-state index is 14.2. The van der Waals surface area contributed by atoms with Gasteiger partial charge in [-0.05, 0) is 62.1 Å². The van der Waals surface area contributed by atoms with Crippen LogP contribution in [0.4, 0.5) is 5.69 Å². The number of imide groups is 1. The number of amides is 2. The summed E-state index contributed by atoms with van der Waals surface area (Å²) in [7, 11) is 1.48. The Kier molecular flexibility index (Phi) is 6.73. The fraction of sp³-hybridized carbons (Fsp3) is 0.216. The lowest BCUT2D eigenvalue weighted by Gasteiger charge is -2.42. The van der Waals surface area contributed by atoms with Gasteiger partial charge in [-0.15, -0.1) is 0 Å². The summed E-state index contributed by atoms with van der Waals surface area (Å²) in [6.45, 7) is 1.60. The molecule has 0 saturated carbocycles. The number of carbonyl (C=O) groups excluding carboxylic acids is 5. The van der Waals surface area contributed by atoms with Crippen molar-refractivity contribution in [2.45, 2.75) is 25.7 Å². The van der Waals surface area contributed by atoms with Crippen molar-refractivity contribution in [3.05, 3.63) is 124 Å². The first-order chi connectivity index (χ1) is 21.7. The first kappa shape index (κ1) is 28.4. The third-order valence-electron chi connectivity index (χ3n) is 9.54. The number of hydrogen-bond donors (Lipinski definition) is 1. The van der Waals surface area contributed by atoms with Crippen molar-refractivity contribution >= 4 is 34.9 Å². The minimum Gasteiger partial charge on any atom is -0.507 e. The number of ether oxygens (including phenoxy) is 1. The molecule has 2 amide bonds. The Balaban J connectivity index is 1.26. The van der Waals surface area contributed by atoms with Gasteiger partial charge >= 0.3 is 0 Å². The number of ketones is 3. The number of Topliss-reactive ketones (excluding diaryl/α,β-unsaturated/α-hetero) is 1. The summed E-state index contributed by atoms with van der Waals surface area (Å²) in [6, 6.07) is 20.1. The molecule has 0 aromatic heterocycles. The predicted molar refractivity (Wildman–Crippen MR) is 165 cm³/mol. The fourth-order valence-corrected chi connectivity index (χ4v) is 7.38. The second-order valence-corrected chi connectivity index (χ2v) is 11.9. The number of phenolic OH excluding ortho intramolecular Hbond substituents is 1. The molecule has 0 radical (unpaired) electrons. The van der Waals surface area contributed by atoms with Gasteiger partial charge in [-0.3, -0.25) is 28.9 Å². The lowest BCUT2D eigenvalue weighted by Crippen LogP contribution is -2.39. The number of benzene rings is 3. The van der Waals surface area contributed by atoms with Crippen molar-refractivity contribution in [1.29, 1.82) is 0 Å². The third kappa shape index (κ3) is 4.39. The van der Waals surface area contributed by atoms with Crippen molar-refractivity contribution in [2.24, 2.45) is 17.8 Å². The van der Waals surface area contributed by atoms with Crippen LogP contribution in [0, 0.1) is 17.8 Å². The zero-order chi connectivity index (χ0) is 31.6. The van der Waals surface area contributed by atoms with Crippen LogP contribution in [-0.2, 0) is 19.2 Å². The molecular weight excluding hydrogens is 570 g/mol. The Hall–Kier alpha value is -5.37. The van der Waals surface area contributed by atoms with Gasteiger partial charge in [0.1, 0.15) is 11.5 Å². The number of phenols is 1. The van der Waals surface area contributed by atoms with Crippen LogP contribution in [-0.4, -0.2) is 41.4 Å². The van der Waals surface area contributed by atoms with E-state index in [4.69, 9.17) is 4.74 Å². The second-order valence-electron chi connectivity index (χ2n) is 11.9. The molecule has 4 atom stereocenters. The summed E-state index contributed by atoms with van der Waals surface area (Å²) in [6.07, 6.45) is 3.65. The van der Waals surface area contributed by atoms with Crippen LogP contribution in [0.3, 0.4) is 0 Å². The van der Waals surface area contributed by atoms with Gasteiger partial charge in [0.05, 0.1) is 24.6 Å². The predicted octanol–water partition coefficient (Wildman–Crippen LogP) is 5.27. The number of fused-ring (bicyclic) bond motifs is 3. The summed E-state index contributed by atoms with van der Waals surface area (Å²) in [5, 5.41) is 11.1. The van der Waals surface area contributed by atoms with Gasteiger partial charge in [-0.1, -0.05) is 48.0 Å². The molecule has 0 spiro atoms. The second kappa shape index (κ2) is 10.7. The normalized spacial score (nSPS) is 24.1. The van der Waals surface area contributed by atoms with Gasteiger partial charge in [-0.25, -0.2) is 0 Å². The quantitative estimate of drug-likeness (QED) is 0.184. The minimum absolute atomic E-state index is 0.0945. The molecule has 8 nitrogen and oxygen atoms in total. The lowest BCUT2D eigenvalue weighted by atomic mass is 9.59. The van der Waals surface area contributed by atoms with E-state index in [0.29, 0.717) is 44.8 Å². The Morgan fingerprint density at radius 3 is 2.29 bits per heavy atom. The van der Waals surface area contributed by atoms with Crippen molar-refractivity contribution in [2.75, 3.05) is 12.0 Å². The van der Waals surface area contributed by atoms with Crippen LogP contribution in [0.2, 0.25) is 0 Å². The highest BCUT2D eigenvalue weighted by Crippen LogP contribution is 2.56. The Labute approximate surface area is 259 Å². The minimum atomic E-state index is -0.758. The van der Waals surface area contributed by atoms with Crippen molar-refractivity contribution in [3.63, 3.8) is 0 Å². The number of carbonyl (C=O) groups is 5. The number of rotatable bonds is 5. The number of methoxy groups -OCH3 is 1. The number of aromatic hydroxyl groups is 1. The molecule has 8 heteroatoms. The van der Waals surface area contributed by atoms with Gasteiger partial charge in [0.15, 0.2) is 17.3 Å². The standard InChI is InChI=1S/C37H29NO7/c1-19-16-29(39)28-18-27-24(31(33(28)34(19)41)25-13-12-23(45-2)17-30(25)40)14-15-26-32(27)37(44)38(36(26)43)22-10-8-21(9-11-22)35(42)20-6-4-3-5-7-20/h3-14,16-17,26-27,31-32,40H,15,18H2,1-2H3. The molecule has 1 saturated heterocycles. The monoisotopic (exact) mass is 599 g/mol. The molecule has 7 rings (SSSR count). The number of allylic oxidation sites excluding steroid dienone is 6. The van der Waals surface area contributed by atoms with Gasteiger partial charge in [0, 0.05) is 45.4 Å². The maximum absolute atomic E-state index is 14.2. The molecule has 3 aliphatic carbocycles. The molecule has 45 heavy (non-hydrogen) atoms. The van der Waals surface area contributed by atoms with E-state index in [9.17, 15) is 29.1 Å². The van der Waals surface area contributed by atoms with Crippen LogP contribution < -0.4 is 9.64 Å². The first-order valence-corrected chi connectivity index (χ1v) is 14.8. The maximum Gasteiger partial charge on any atom is 0.238 e. The smallest absolute Gasteiger partial charge is 0.238 e. The fourth-order valence-electron chi connectivity index (χ4n) is 7.38. The average Bonchev–Trinajstić information content (AvgIpc) is 3.32. The number of anilines is 1. The first-order valence-electron chi connectivity index (χ1n) is 14.8. The Morgan fingerprint density at radius 1 is 0.889 bits per heavy atom. The molecule has 4 aliphatic rings. The van der Waals surface area contributed by atoms with Crippen molar-refractivity contribution < 1.29 is 33.8 Å².